The fourth-order valence-corrected chi connectivity index (χ4v) is 1.68. The SMILES string of the molecule is CCCOC1C=CCC1CCOC. The van der Waals surface area contributed by atoms with Crippen LogP contribution >= 0.6 is 0 Å². The summed E-state index contributed by atoms with van der Waals surface area (Å²) in [5.41, 5.74) is 0. The predicted octanol–water partition coefficient (Wildman–Crippen LogP) is 2.39. The quantitative estimate of drug-likeness (QED) is 0.590. The highest BCUT2D eigenvalue weighted by molar-refractivity contribution is 5.02. The van der Waals surface area contributed by atoms with E-state index in [9.17, 15) is 0 Å². The molecule has 0 fully saturated rings. The van der Waals surface area contributed by atoms with Crippen LogP contribution in [0.4, 0.5) is 0 Å². The Balaban J connectivity index is 2.21. The van der Waals surface area contributed by atoms with Gasteiger partial charge in [-0.15, -0.1) is 0 Å². The van der Waals surface area contributed by atoms with Crippen molar-refractivity contribution in [3.05, 3.63) is 12.2 Å². The monoisotopic (exact) mass is 184 g/mol. The van der Waals surface area contributed by atoms with Crippen LogP contribution in [0.3, 0.4) is 0 Å². The number of rotatable bonds is 6. The molecule has 0 N–H and O–H groups in total. The molecule has 0 saturated carbocycles. The van der Waals surface area contributed by atoms with Crippen molar-refractivity contribution in [3.8, 4) is 0 Å². The predicted molar refractivity (Wildman–Crippen MR) is 53.8 cm³/mol. The molecule has 0 radical (unpaired) electrons. The molecule has 1 aliphatic carbocycles. The van der Waals surface area contributed by atoms with Crippen LogP contribution in [0.25, 0.3) is 0 Å². The van der Waals surface area contributed by atoms with Gasteiger partial charge in [-0.2, -0.15) is 0 Å². The Morgan fingerprint density at radius 3 is 2.92 bits per heavy atom. The summed E-state index contributed by atoms with van der Waals surface area (Å²) in [4.78, 5) is 0. The topological polar surface area (TPSA) is 18.5 Å². The molecule has 0 aliphatic heterocycles. The van der Waals surface area contributed by atoms with Crippen LogP contribution in [0.1, 0.15) is 26.2 Å². The first-order valence-corrected chi connectivity index (χ1v) is 5.15. The zero-order valence-electron chi connectivity index (χ0n) is 8.66. The van der Waals surface area contributed by atoms with E-state index >= 15 is 0 Å². The Hall–Kier alpha value is -0.340. The molecule has 0 saturated heterocycles. The third kappa shape index (κ3) is 3.49. The molecule has 76 valence electrons. The second-order valence-electron chi connectivity index (χ2n) is 3.54. The van der Waals surface area contributed by atoms with Crippen molar-refractivity contribution < 1.29 is 9.47 Å². The van der Waals surface area contributed by atoms with Gasteiger partial charge in [-0.05, 0) is 25.2 Å². The fourth-order valence-electron chi connectivity index (χ4n) is 1.68. The zero-order chi connectivity index (χ0) is 9.52. The molecule has 1 aliphatic rings. The van der Waals surface area contributed by atoms with Gasteiger partial charge < -0.3 is 9.47 Å². The molecule has 2 atom stereocenters. The average molecular weight is 184 g/mol. The molecule has 2 heteroatoms. The first-order valence-electron chi connectivity index (χ1n) is 5.15. The van der Waals surface area contributed by atoms with Crippen molar-refractivity contribution in [2.75, 3.05) is 20.3 Å². The standard InChI is InChI=1S/C11H20O2/c1-3-8-13-11-6-4-5-10(11)7-9-12-2/h4,6,10-11H,3,5,7-9H2,1-2H3. The molecule has 0 spiro atoms. The van der Waals surface area contributed by atoms with Gasteiger partial charge in [-0.1, -0.05) is 19.1 Å². The molecule has 0 heterocycles. The van der Waals surface area contributed by atoms with E-state index < -0.39 is 0 Å². The molecule has 0 aromatic carbocycles. The van der Waals surface area contributed by atoms with Crippen LogP contribution in [0.5, 0.6) is 0 Å². The molecule has 13 heavy (non-hydrogen) atoms. The van der Waals surface area contributed by atoms with Crippen molar-refractivity contribution in [2.24, 2.45) is 5.92 Å². The van der Waals surface area contributed by atoms with Gasteiger partial charge in [0.25, 0.3) is 0 Å². The molecule has 0 aromatic rings. The Kier molecular flexibility index (Phi) is 5.09. The third-order valence-electron chi connectivity index (χ3n) is 2.44. The lowest BCUT2D eigenvalue weighted by Gasteiger charge is -2.19. The van der Waals surface area contributed by atoms with Gasteiger partial charge in [0, 0.05) is 20.3 Å². The van der Waals surface area contributed by atoms with E-state index in [0.717, 1.165) is 32.5 Å². The lowest BCUT2D eigenvalue weighted by Crippen LogP contribution is -2.19. The summed E-state index contributed by atoms with van der Waals surface area (Å²) in [6, 6.07) is 0. The highest BCUT2D eigenvalue weighted by atomic mass is 16.5. The summed E-state index contributed by atoms with van der Waals surface area (Å²) in [6.07, 6.45) is 8.11. The van der Waals surface area contributed by atoms with Crippen molar-refractivity contribution in [1.82, 2.24) is 0 Å². The smallest absolute Gasteiger partial charge is 0.0787 e. The Morgan fingerprint density at radius 2 is 2.23 bits per heavy atom. The molecule has 0 bridgehead atoms. The minimum atomic E-state index is 0.343. The van der Waals surface area contributed by atoms with Gasteiger partial charge in [-0.3, -0.25) is 0 Å². The minimum absolute atomic E-state index is 0.343. The highest BCUT2D eigenvalue weighted by Gasteiger charge is 2.22. The molecule has 2 unspecified atom stereocenters. The number of hydrogen-bond donors (Lipinski definition) is 0. The summed E-state index contributed by atoms with van der Waals surface area (Å²) in [5, 5.41) is 0. The molecule has 0 aromatic heterocycles. The lowest BCUT2D eigenvalue weighted by atomic mass is 10.0. The zero-order valence-corrected chi connectivity index (χ0v) is 8.66. The van der Waals surface area contributed by atoms with E-state index in [1.807, 2.05) is 0 Å². The Morgan fingerprint density at radius 1 is 1.38 bits per heavy atom. The first kappa shape index (κ1) is 10.7. The van der Waals surface area contributed by atoms with Crippen molar-refractivity contribution in [2.45, 2.75) is 32.3 Å². The van der Waals surface area contributed by atoms with Crippen LogP contribution in [-0.2, 0) is 9.47 Å². The van der Waals surface area contributed by atoms with Gasteiger partial charge in [0.05, 0.1) is 6.10 Å². The van der Waals surface area contributed by atoms with Crippen LogP contribution in [0, 0.1) is 5.92 Å². The fraction of sp³-hybridized carbons (Fsp3) is 0.818. The molecule has 2 nitrogen and oxygen atoms in total. The Labute approximate surface area is 80.9 Å². The number of allylic oxidation sites excluding steroid dienone is 1. The third-order valence-corrected chi connectivity index (χ3v) is 2.44. The van der Waals surface area contributed by atoms with Gasteiger partial charge in [0.1, 0.15) is 0 Å². The summed E-state index contributed by atoms with van der Waals surface area (Å²) in [5.74, 6) is 0.645. The van der Waals surface area contributed by atoms with E-state index in [4.69, 9.17) is 9.47 Å². The Bertz CT molecular complexity index is 154. The van der Waals surface area contributed by atoms with Crippen LogP contribution < -0.4 is 0 Å². The average Bonchev–Trinajstić information content (AvgIpc) is 2.59. The summed E-state index contributed by atoms with van der Waals surface area (Å²) < 4.78 is 10.8. The van der Waals surface area contributed by atoms with E-state index in [1.165, 1.54) is 0 Å². The van der Waals surface area contributed by atoms with Gasteiger partial charge in [0.2, 0.25) is 0 Å². The molecule has 0 amide bonds. The van der Waals surface area contributed by atoms with Crippen LogP contribution in [-0.4, -0.2) is 26.4 Å². The number of ether oxygens (including phenoxy) is 2. The molecular weight excluding hydrogens is 164 g/mol. The van der Waals surface area contributed by atoms with Crippen molar-refractivity contribution in [3.63, 3.8) is 0 Å². The second-order valence-corrected chi connectivity index (χ2v) is 3.54. The highest BCUT2D eigenvalue weighted by Crippen LogP contribution is 2.24. The first-order chi connectivity index (χ1) is 6.38. The minimum Gasteiger partial charge on any atom is -0.385 e. The van der Waals surface area contributed by atoms with Crippen LogP contribution in [0.15, 0.2) is 12.2 Å². The lowest BCUT2D eigenvalue weighted by molar-refractivity contribution is 0.0406. The largest absolute Gasteiger partial charge is 0.385 e. The summed E-state index contributed by atoms with van der Waals surface area (Å²) in [7, 11) is 1.75. The van der Waals surface area contributed by atoms with E-state index in [-0.39, 0.29) is 0 Å². The van der Waals surface area contributed by atoms with Crippen molar-refractivity contribution in [1.29, 1.82) is 0 Å². The van der Waals surface area contributed by atoms with Gasteiger partial charge >= 0.3 is 0 Å². The summed E-state index contributed by atoms with van der Waals surface area (Å²) in [6.45, 7) is 3.86. The summed E-state index contributed by atoms with van der Waals surface area (Å²) >= 11 is 0. The van der Waals surface area contributed by atoms with E-state index in [2.05, 4.69) is 19.1 Å². The van der Waals surface area contributed by atoms with E-state index in [0.29, 0.717) is 12.0 Å². The maximum Gasteiger partial charge on any atom is 0.0787 e. The number of hydrogen-bond acceptors (Lipinski definition) is 2. The van der Waals surface area contributed by atoms with Gasteiger partial charge in [0.15, 0.2) is 0 Å². The number of methoxy groups -OCH3 is 1. The van der Waals surface area contributed by atoms with Crippen molar-refractivity contribution >= 4 is 0 Å². The van der Waals surface area contributed by atoms with E-state index in [1.54, 1.807) is 7.11 Å². The molecule has 1 rings (SSSR count). The normalized spacial score (nSPS) is 26.9. The maximum absolute atomic E-state index is 5.72. The van der Waals surface area contributed by atoms with Gasteiger partial charge in [-0.25, -0.2) is 0 Å². The second kappa shape index (κ2) is 6.17. The molecular formula is C11H20O2. The van der Waals surface area contributed by atoms with Crippen LogP contribution in [0.2, 0.25) is 0 Å². The maximum atomic E-state index is 5.72.